The van der Waals surface area contributed by atoms with Gasteiger partial charge in [-0.15, -0.1) is 0 Å². The topological polar surface area (TPSA) is 118 Å². The van der Waals surface area contributed by atoms with Gasteiger partial charge in [-0.05, 0) is 56.5 Å². The second-order valence-electron chi connectivity index (χ2n) is 11.0. The molecule has 11 heteroatoms. The Morgan fingerprint density at radius 3 is 2.55 bits per heavy atom. The average Bonchev–Trinajstić information content (AvgIpc) is 3.40. The molecule has 1 spiro atoms. The zero-order chi connectivity index (χ0) is 26.8. The van der Waals surface area contributed by atoms with E-state index >= 15 is 0 Å². The first kappa shape index (κ1) is 25.3. The first-order chi connectivity index (χ1) is 18.1. The third-order valence-electron chi connectivity index (χ3n) is 8.78. The lowest BCUT2D eigenvalue weighted by Crippen LogP contribution is -2.70. The van der Waals surface area contributed by atoms with E-state index in [0.717, 1.165) is 43.6 Å². The quantitative estimate of drug-likeness (QED) is 0.513. The fourth-order valence-corrected chi connectivity index (χ4v) is 8.19. The number of ether oxygens (including phenoxy) is 1. The Bertz CT molecular complexity index is 1290. The molecule has 3 N–H and O–H groups in total. The molecule has 1 aromatic carbocycles. The van der Waals surface area contributed by atoms with Crippen molar-refractivity contribution in [1.29, 1.82) is 0 Å². The number of benzene rings is 1. The molecule has 6 rings (SSSR count). The van der Waals surface area contributed by atoms with E-state index in [2.05, 4.69) is 10.2 Å². The summed E-state index contributed by atoms with van der Waals surface area (Å²) in [4.78, 5) is 36.5. The maximum absolute atomic E-state index is 13.1. The molecule has 1 aromatic heterocycles. The van der Waals surface area contributed by atoms with E-state index in [1.165, 1.54) is 0 Å². The summed E-state index contributed by atoms with van der Waals surface area (Å²) in [6.45, 7) is 2.71. The number of aromatic nitrogens is 1. The largest absolute Gasteiger partial charge is 0.495 e. The van der Waals surface area contributed by atoms with Crippen molar-refractivity contribution in [1.82, 2.24) is 9.88 Å². The van der Waals surface area contributed by atoms with Gasteiger partial charge in [0.2, 0.25) is 5.91 Å². The predicted octanol–water partition coefficient (Wildman–Crippen LogP) is 4.30. The number of rotatable bonds is 5. The lowest BCUT2D eigenvalue weighted by atomic mass is 9.93. The van der Waals surface area contributed by atoms with Crippen molar-refractivity contribution in [3.8, 4) is 5.75 Å². The molecule has 4 heterocycles. The molecular weight excluding hydrogens is 506 g/mol. The SMILES string of the molecule is COc1cc(C(=O)N2CC3(CCS3(O)O)C2)ccc1Nc1ccc2c(n1)N(C1CCCC1)[C@H](C)C(=O)N2C. The smallest absolute Gasteiger partial charge is 0.254 e. The number of nitrogens with zero attached hydrogens (tertiary/aromatic N) is 4. The van der Waals surface area contributed by atoms with E-state index in [0.29, 0.717) is 47.7 Å². The third kappa shape index (κ3) is 3.82. The molecule has 0 radical (unpaired) electrons. The molecular formula is C27H35N5O5S. The standard InChI is InChI=1S/C27H35N5O5S/c1-17-25(33)30(2)21-10-11-23(29-24(21)32(17)19-6-4-5-7-19)28-20-9-8-18(14-22(20)37-3)26(34)31-15-27(16-31)12-13-38(27,35)36/h8-11,14,17,19,35-36H,4-7,12-13,15-16H2,1-3H3,(H,28,29)/t17-/m1/s1. The van der Waals surface area contributed by atoms with Gasteiger partial charge >= 0.3 is 0 Å². The fourth-order valence-electron chi connectivity index (χ4n) is 6.31. The second kappa shape index (κ2) is 9.03. The number of likely N-dealkylation sites (tertiary alicyclic amines) is 1. The van der Waals surface area contributed by atoms with Crippen LogP contribution in [0.15, 0.2) is 30.3 Å². The summed E-state index contributed by atoms with van der Waals surface area (Å²) in [7, 11) is 0.778. The highest BCUT2D eigenvalue weighted by Gasteiger charge is 2.60. The Hall–Kier alpha value is -3.02. The number of nitrogens with one attached hydrogen (secondary N) is 1. The first-order valence-corrected chi connectivity index (χ1v) is 14.9. The van der Waals surface area contributed by atoms with Crippen molar-refractivity contribution in [2.45, 2.75) is 55.9 Å². The Morgan fingerprint density at radius 2 is 1.92 bits per heavy atom. The summed E-state index contributed by atoms with van der Waals surface area (Å²) in [6.07, 6.45) is 5.18. The van der Waals surface area contributed by atoms with Gasteiger partial charge in [-0.3, -0.25) is 18.7 Å². The highest BCUT2D eigenvalue weighted by molar-refractivity contribution is 8.26. The van der Waals surface area contributed by atoms with Crippen LogP contribution < -0.4 is 19.9 Å². The van der Waals surface area contributed by atoms with Gasteiger partial charge in [0.05, 0.1) is 23.2 Å². The lowest BCUT2D eigenvalue weighted by Gasteiger charge is -2.67. The Morgan fingerprint density at radius 1 is 1.18 bits per heavy atom. The van der Waals surface area contributed by atoms with E-state index in [1.807, 2.05) is 19.1 Å². The van der Waals surface area contributed by atoms with Crippen LogP contribution in [0.4, 0.5) is 23.0 Å². The third-order valence-corrected chi connectivity index (χ3v) is 11.4. The van der Waals surface area contributed by atoms with Gasteiger partial charge in [-0.2, -0.15) is 10.6 Å². The van der Waals surface area contributed by atoms with Crippen LogP contribution in [0.3, 0.4) is 0 Å². The minimum Gasteiger partial charge on any atom is -0.495 e. The highest BCUT2D eigenvalue weighted by atomic mass is 32.3. The summed E-state index contributed by atoms with van der Waals surface area (Å²) in [6, 6.07) is 9.04. The van der Waals surface area contributed by atoms with Crippen molar-refractivity contribution in [2.24, 2.45) is 0 Å². The lowest BCUT2D eigenvalue weighted by molar-refractivity contribution is -0.119. The molecule has 3 fully saturated rings. The van der Waals surface area contributed by atoms with Crippen molar-refractivity contribution < 1.29 is 23.4 Å². The van der Waals surface area contributed by atoms with Crippen molar-refractivity contribution in [3.05, 3.63) is 35.9 Å². The van der Waals surface area contributed by atoms with E-state index in [4.69, 9.17) is 9.72 Å². The number of pyridine rings is 1. The van der Waals surface area contributed by atoms with Crippen molar-refractivity contribution in [3.63, 3.8) is 0 Å². The van der Waals surface area contributed by atoms with Crippen LogP contribution in [-0.2, 0) is 4.79 Å². The molecule has 204 valence electrons. The number of carbonyl (C=O) groups excluding carboxylic acids is 2. The van der Waals surface area contributed by atoms with Crippen LogP contribution >= 0.6 is 10.6 Å². The molecule has 2 amide bonds. The van der Waals surface area contributed by atoms with Crippen LogP contribution in [0.2, 0.25) is 0 Å². The number of anilines is 4. The maximum atomic E-state index is 13.1. The maximum Gasteiger partial charge on any atom is 0.254 e. The molecule has 0 bridgehead atoms. The van der Waals surface area contributed by atoms with Gasteiger partial charge in [0.15, 0.2) is 5.82 Å². The van der Waals surface area contributed by atoms with E-state index in [-0.39, 0.29) is 17.9 Å². The number of carbonyl (C=O) groups is 2. The number of hydrogen-bond donors (Lipinski definition) is 3. The predicted molar refractivity (Wildman–Crippen MR) is 149 cm³/mol. The second-order valence-corrected chi connectivity index (χ2v) is 13.6. The van der Waals surface area contributed by atoms with Gasteiger partial charge in [-0.1, -0.05) is 12.8 Å². The van der Waals surface area contributed by atoms with Crippen LogP contribution in [0.1, 0.15) is 49.4 Å². The van der Waals surface area contributed by atoms with Gasteiger partial charge < -0.3 is 24.8 Å². The van der Waals surface area contributed by atoms with E-state index in [1.54, 1.807) is 42.2 Å². The molecule has 4 aliphatic rings. The number of amides is 2. The normalized spacial score (nSPS) is 24.5. The summed E-state index contributed by atoms with van der Waals surface area (Å²) < 4.78 is 25.4. The molecule has 2 saturated heterocycles. The molecule has 1 aliphatic carbocycles. The number of likely N-dealkylation sites (N-methyl/N-ethyl adjacent to an activating group) is 1. The molecule has 2 aromatic rings. The van der Waals surface area contributed by atoms with Gasteiger partial charge in [-0.25, -0.2) is 4.98 Å². The van der Waals surface area contributed by atoms with E-state index < -0.39 is 15.3 Å². The van der Waals surface area contributed by atoms with Crippen LogP contribution in [0, 0.1) is 0 Å². The molecule has 0 unspecified atom stereocenters. The zero-order valence-electron chi connectivity index (χ0n) is 22.0. The zero-order valence-corrected chi connectivity index (χ0v) is 22.8. The molecule has 1 saturated carbocycles. The fraction of sp³-hybridized carbons (Fsp3) is 0.519. The molecule has 3 aliphatic heterocycles. The van der Waals surface area contributed by atoms with Crippen molar-refractivity contribution >= 4 is 45.4 Å². The van der Waals surface area contributed by atoms with Gasteiger partial charge in [0, 0.05) is 37.5 Å². The van der Waals surface area contributed by atoms with E-state index in [9.17, 15) is 18.7 Å². The number of fused-ring (bicyclic) bond motifs is 1. The highest BCUT2D eigenvalue weighted by Crippen LogP contribution is 2.67. The van der Waals surface area contributed by atoms with Crippen LogP contribution in [0.25, 0.3) is 0 Å². The molecule has 1 atom stereocenters. The number of methoxy groups -OCH3 is 1. The Labute approximate surface area is 224 Å². The summed E-state index contributed by atoms with van der Waals surface area (Å²) in [5.74, 6) is 2.29. The monoisotopic (exact) mass is 541 g/mol. The minimum absolute atomic E-state index is 0.0735. The van der Waals surface area contributed by atoms with Gasteiger partial charge in [0.1, 0.15) is 17.6 Å². The minimum atomic E-state index is -2.57. The first-order valence-electron chi connectivity index (χ1n) is 13.2. The van der Waals surface area contributed by atoms with Gasteiger partial charge in [0.25, 0.3) is 5.91 Å². The van der Waals surface area contributed by atoms with Crippen LogP contribution in [-0.4, -0.2) is 80.6 Å². The van der Waals surface area contributed by atoms with Crippen LogP contribution in [0.5, 0.6) is 5.75 Å². The molecule has 10 nitrogen and oxygen atoms in total. The summed E-state index contributed by atoms with van der Waals surface area (Å²) in [5, 5.41) is 3.34. The molecule has 38 heavy (non-hydrogen) atoms. The number of hydrogen-bond acceptors (Lipinski definition) is 8. The Balaban J connectivity index is 1.23. The average molecular weight is 542 g/mol. The van der Waals surface area contributed by atoms with Crippen molar-refractivity contribution in [2.75, 3.05) is 48.1 Å². The Kier molecular flexibility index (Phi) is 6.00. The summed E-state index contributed by atoms with van der Waals surface area (Å²) >= 11 is 0. The summed E-state index contributed by atoms with van der Waals surface area (Å²) in [5.41, 5.74) is 1.96.